The van der Waals surface area contributed by atoms with E-state index in [0.29, 0.717) is 22.9 Å². The number of aromatic nitrogens is 1. The number of aryl methyl sites for hydroxylation is 1. The summed E-state index contributed by atoms with van der Waals surface area (Å²) < 4.78 is 10.2. The molecule has 0 amide bonds. The van der Waals surface area contributed by atoms with Crippen molar-refractivity contribution in [1.82, 2.24) is 4.98 Å². The molecular weight excluding hydrogens is 244 g/mol. The molecule has 0 atom stereocenters. The van der Waals surface area contributed by atoms with Gasteiger partial charge in [-0.05, 0) is 30.7 Å². The number of nitrogen functional groups attached to an aromatic ring is 1. The zero-order valence-electron chi connectivity index (χ0n) is 10.7. The minimum atomic E-state index is -0.440. The molecule has 0 radical (unpaired) electrons. The molecule has 0 aliphatic carbocycles. The first-order chi connectivity index (χ1) is 9.10. The van der Waals surface area contributed by atoms with Crippen molar-refractivity contribution in [3.63, 3.8) is 0 Å². The van der Waals surface area contributed by atoms with Gasteiger partial charge < -0.3 is 15.2 Å². The van der Waals surface area contributed by atoms with Gasteiger partial charge in [0.25, 0.3) is 0 Å². The predicted molar refractivity (Wildman–Crippen MR) is 71.2 cm³/mol. The van der Waals surface area contributed by atoms with Crippen LogP contribution in [0.2, 0.25) is 0 Å². The average Bonchev–Trinajstić information content (AvgIpc) is 2.42. The van der Waals surface area contributed by atoms with Crippen molar-refractivity contribution >= 4 is 11.7 Å². The second-order valence-electron chi connectivity index (χ2n) is 4.02. The van der Waals surface area contributed by atoms with Crippen molar-refractivity contribution in [1.29, 1.82) is 0 Å². The number of nitrogens with zero attached hydrogens (tertiary/aromatic N) is 1. The molecule has 0 aliphatic rings. The molecule has 0 unspecified atom stereocenters. The van der Waals surface area contributed by atoms with Crippen LogP contribution in [-0.2, 0) is 4.74 Å². The number of rotatable bonds is 3. The van der Waals surface area contributed by atoms with Crippen LogP contribution in [0.4, 0.5) is 5.69 Å². The molecule has 0 saturated heterocycles. The standard InChI is InChI=1S/C14H14N2O3/c1-9-3-4-11(15)12(7-9)19-13-8-10(5-6-16-13)14(17)18-2/h3-8H,15H2,1-2H3. The predicted octanol–water partition coefficient (Wildman–Crippen LogP) is 2.55. The van der Waals surface area contributed by atoms with Crippen LogP contribution < -0.4 is 10.5 Å². The topological polar surface area (TPSA) is 74.4 Å². The van der Waals surface area contributed by atoms with Gasteiger partial charge in [-0.25, -0.2) is 9.78 Å². The zero-order chi connectivity index (χ0) is 13.8. The number of benzene rings is 1. The van der Waals surface area contributed by atoms with Gasteiger partial charge in [0, 0.05) is 12.3 Å². The van der Waals surface area contributed by atoms with Gasteiger partial charge in [-0.15, -0.1) is 0 Å². The Kier molecular flexibility index (Phi) is 3.66. The Morgan fingerprint density at radius 3 is 2.79 bits per heavy atom. The van der Waals surface area contributed by atoms with Gasteiger partial charge in [0.2, 0.25) is 5.88 Å². The number of esters is 1. The second-order valence-corrected chi connectivity index (χ2v) is 4.02. The van der Waals surface area contributed by atoms with Crippen LogP contribution in [0.5, 0.6) is 11.6 Å². The lowest BCUT2D eigenvalue weighted by molar-refractivity contribution is 0.0600. The van der Waals surface area contributed by atoms with Crippen molar-refractivity contribution in [2.45, 2.75) is 6.92 Å². The fourth-order valence-electron chi connectivity index (χ4n) is 1.55. The molecule has 2 aromatic rings. The highest BCUT2D eigenvalue weighted by atomic mass is 16.5. The molecule has 2 rings (SSSR count). The normalized spacial score (nSPS) is 10.0. The fourth-order valence-corrected chi connectivity index (χ4v) is 1.55. The fraction of sp³-hybridized carbons (Fsp3) is 0.143. The van der Waals surface area contributed by atoms with Crippen LogP contribution in [0, 0.1) is 6.92 Å². The van der Waals surface area contributed by atoms with Crippen molar-refractivity contribution in [3.8, 4) is 11.6 Å². The van der Waals surface area contributed by atoms with Gasteiger partial charge in [-0.1, -0.05) is 6.07 Å². The van der Waals surface area contributed by atoms with Crippen molar-refractivity contribution < 1.29 is 14.3 Å². The third kappa shape index (κ3) is 3.01. The second kappa shape index (κ2) is 5.39. The minimum Gasteiger partial charge on any atom is -0.465 e. The Bertz CT molecular complexity index is 611. The average molecular weight is 258 g/mol. The Hall–Kier alpha value is -2.56. The van der Waals surface area contributed by atoms with Crippen LogP contribution in [0.1, 0.15) is 15.9 Å². The molecule has 0 aliphatic heterocycles. The van der Waals surface area contributed by atoms with Crippen LogP contribution >= 0.6 is 0 Å². The summed E-state index contributed by atoms with van der Waals surface area (Å²) in [4.78, 5) is 15.4. The smallest absolute Gasteiger partial charge is 0.338 e. The largest absolute Gasteiger partial charge is 0.465 e. The maximum atomic E-state index is 11.4. The lowest BCUT2D eigenvalue weighted by Gasteiger charge is -2.09. The molecule has 1 heterocycles. The maximum absolute atomic E-state index is 11.4. The van der Waals surface area contributed by atoms with E-state index in [2.05, 4.69) is 9.72 Å². The monoisotopic (exact) mass is 258 g/mol. The highest BCUT2D eigenvalue weighted by Crippen LogP contribution is 2.27. The Labute approximate surface area is 111 Å². The molecule has 0 saturated carbocycles. The first-order valence-corrected chi connectivity index (χ1v) is 5.68. The van der Waals surface area contributed by atoms with E-state index in [-0.39, 0.29) is 0 Å². The molecule has 1 aromatic carbocycles. The van der Waals surface area contributed by atoms with Crippen LogP contribution in [-0.4, -0.2) is 18.1 Å². The SMILES string of the molecule is COC(=O)c1ccnc(Oc2cc(C)ccc2N)c1. The summed E-state index contributed by atoms with van der Waals surface area (Å²) in [7, 11) is 1.32. The summed E-state index contributed by atoms with van der Waals surface area (Å²) in [6, 6.07) is 8.52. The van der Waals surface area contributed by atoms with Crippen LogP contribution in [0.3, 0.4) is 0 Å². The van der Waals surface area contributed by atoms with E-state index in [9.17, 15) is 4.79 Å². The lowest BCUT2D eigenvalue weighted by Crippen LogP contribution is -2.02. The molecule has 19 heavy (non-hydrogen) atoms. The Morgan fingerprint density at radius 1 is 1.26 bits per heavy atom. The molecule has 5 nitrogen and oxygen atoms in total. The summed E-state index contributed by atoms with van der Waals surface area (Å²) in [5, 5.41) is 0. The number of methoxy groups -OCH3 is 1. The van der Waals surface area contributed by atoms with Crippen molar-refractivity contribution in [2.75, 3.05) is 12.8 Å². The van der Waals surface area contributed by atoms with E-state index >= 15 is 0 Å². The van der Waals surface area contributed by atoms with Crippen LogP contribution in [0.25, 0.3) is 0 Å². The van der Waals surface area contributed by atoms with E-state index in [1.807, 2.05) is 19.1 Å². The summed E-state index contributed by atoms with van der Waals surface area (Å²) in [5.74, 6) is 0.360. The Morgan fingerprint density at radius 2 is 2.05 bits per heavy atom. The van der Waals surface area contributed by atoms with E-state index < -0.39 is 5.97 Å². The molecule has 0 fully saturated rings. The summed E-state index contributed by atoms with van der Waals surface area (Å²) in [6.45, 7) is 1.94. The number of hydrogen-bond donors (Lipinski definition) is 1. The van der Waals surface area contributed by atoms with Gasteiger partial charge >= 0.3 is 5.97 Å². The van der Waals surface area contributed by atoms with Crippen molar-refractivity contribution in [3.05, 3.63) is 47.7 Å². The molecular formula is C14H14N2O3. The van der Waals surface area contributed by atoms with Gasteiger partial charge in [-0.2, -0.15) is 0 Å². The van der Waals surface area contributed by atoms with E-state index in [1.165, 1.54) is 19.4 Å². The van der Waals surface area contributed by atoms with Gasteiger partial charge in [0.15, 0.2) is 5.75 Å². The Balaban J connectivity index is 2.28. The van der Waals surface area contributed by atoms with E-state index in [0.717, 1.165) is 5.56 Å². The highest BCUT2D eigenvalue weighted by Gasteiger charge is 2.09. The van der Waals surface area contributed by atoms with E-state index in [4.69, 9.17) is 10.5 Å². The zero-order valence-corrected chi connectivity index (χ0v) is 10.7. The molecule has 98 valence electrons. The highest BCUT2D eigenvalue weighted by molar-refractivity contribution is 5.89. The minimum absolute atomic E-state index is 0.292. The summed E-state index contributed by atoms with van der Waals surface area (Å²) >= 11 is 0. The summed E-state index contributed by atoms with van der Waals surface area (Å²) in [5.41, 5.74) is 7.72. The number of anilines is 1. The van der Waals surface area contributed by atoms with E-state index in [1.54, 1.807) is 12.1 Å². The molecule has 0 spiro atoms. The van der Waals surface area contributed by atoms with Crippen molar-refractivity contribution in [2.24, 2.45) is 0 Å². The molecule has 2 N–H and O–H groups in total. The molecule has 0 bridgehead atoms. The third-order valence-corrected chi connectivity index (χ3v) is 2.54. The number of carbonyl (C=O) groups is 1. The number of pyridine rings is 1. The number of nitrogens with two attached hydrogens (primary N) is 1. The molecule has 5 heteroatoms. The van der Waals surface area contributed by atoms with Crippen LogP contribution in [0.15, 0.2) is 36.5 Å². The van der Waals surface area contributed by atoms with Gasteiger partial charge in [-0.3, -0.25) is 0 Å². The number of carbonyl (C=O) groups excluding carboxylic acids is 1. The van der Waals surface area contributed by atoms with Gasteiger partial charge in [0.1, 0.15) is 0 Å². The lowest BCUT2D eigenvalue weighted by atomic mass is 10.2. The number of hydrogen-bond acceptors (Lipinski definition) is 5. The summed E-state index contributed by atoms with van der Waals surface area (Å²) in [6.07, 6.45) is 1.48. The quantitative estimate of drug-likeness (QED) is 0.676. The first kappa shape index (κ1) is 12.9. The number of ether oxygens (including phenoxy) is 2. The van der Waals surface area contributed by atoms with Gasteiger partial charge in [0.05, 0.1) is 18.4 Å². The molecule has 1 aromatic heterocycles. The maximum Gasteiger partial charge on any atom is 0.338 e. The first-order valence-electron chi connectivity index (χ1n) is 5.68. The third-order valence-electron chi connectivity index (χ3n) is 2.54.